The molecular formula is C23H26ClF2N5O. The number of anilines is 1. The molecule has 32 heavy (non-hydrogen) atoms. The third-order valence-corrected chi connectivity index (χ3v) is 7.13. The number of piperidine rings is 1. The quantitative estimate of drug-likeness (QED) is 0.637. The number of benzene rings is 1. The Kier molecular flexibility index (Phi) is 5.33. The summed E-state index contributed by atoms with van der Waals surface area (Å²) in [5.41, 5.74) is 0.0448. The molecule has 0 unspecified atom stereocenters. The van der Waals surface area contributed by atoms with Gasteiger partial charge in [0.25, 0.3) is 0 Å². The standard InChI is InChI=1S/C23H26ClF2N5O/c1-14(2)21-27-19(24)12-20(28-21)29-7-4-23(5-8-29)13-30-6-3-18(31(30)22(23)32)15-9-16(25)11-17(26)10-15/h9-12,14,18H,3-8,13H2,1-2H3/t18-/m0/s1. The van der Waals surface area contributed by atoms with E-state index in [1.54, 1.807) is 11.1 Å². The molecule has 3 aliphatic rings. The van der Waals surface area contributed by atoms with Crippen molar-refractivity contribution in [3.05, 3.63) is 52.4 Å². The molecule has 6 nitrogen and oxygen atoms in total. The summed E-state index contributed by atoms with van der Waals surface area (Å²) in [6.45, 7) is 6.80. The van der Waals surface area contributed by atoms with Crippen LogP contribution in [0.25, 0.3) is 0 Å². The van der Waals surface area contributed by atoms with E-state index in [0.717, 1.165) is 11.9 Å². The Balaban J connectivity index is 1.34. The molecule has 1 atom stereocenters. The molecule has 0 radical (unpaired) electrons. The maximum Gasteiger partial charge on any atom is 0.245 e. The molecule has 9 heteroatoms. The van der Waals surface area contributed by atoms with Gasteiger partial charge in [0.1, 0.15) is 28.4 Å². The fourth-order valence-corrected chi connectivity index (χ4v) is 5.42. The van der Waals surface area contributed by atoms with Crippen molar-refractivity contribution in [2.45, 2.75) is 45.1 Å². The van der Waals surface area contributed by atoms with Gasteiger partial charge in [0, 0.05) is 44.2 Å². The lowest BCUT2D eigenvalue weighted by Crippen LogP contribution is -2.46. The molecule has 3 aliphatic heterocycles. The topological polar surface area (TPSA) is 52.6 Å². The normalized spacial score (nSPS) is 22.9. The molecule has 4 heterocycles. The van der Waals surface area contributed by atoms with Crippen molar-refractivity contribution >= 4 is 23.3 Å². The van der Waals surface area contributed by atoms with E-state index in [-0.39, 0.29) is 17.9 Å². The number of rotatable bonds is 3. The molecule has 2 aromatic rings. The highest BCUT2D eigenvalue weighted by Gasteiger charge is 2.56. The summed E-state index contributed by atoms with van der Waals surface area (Å²) in [5, 5.41) is 4.24. The van der Waals surface area contributed by atoms with Gasteiger partial charge in [-0.2, -0.15) is 0 Å². The third kappa shape index (κ3) is 3.63. The number of halogens is 3. The van der Waals surface area contributed by atoms with Crippen molar-refractivity contribution in [1.29, 1.82) is 0 Å². The van der Waals surface area contributed by atoms with Crippen LogP contribution in [0.4, 0.5) is 14.6 Å². The molecule has 0 saturated carbocycles. The summed E-state index contributed by atoms with van der Waals surface area (Å²) in [6.07, 6.45) is 2.07. The average molecular weight is 462 g/mol. The number of hydrogen-bond acceptors (Lipinski definition) is 5. The van der Waals surface area contributed by atoms with E-state index >= 15 is 0 Å². The minimum absolute atomic E-state index is 0.0629. The molecule has 1 aromatic carbocycles. The van der Waals surface area contributed by atoms with E-state index in [0.29, 0.717) is 62.0 Å². The van der Waals surface area contributed by atoms with Gasteiger partial charge >= 0.3 is 0 Å². The fourth-order valence-electron chi connectivity index (χ4n) is 5.24. The van der Waals surface area contributed by atoms with Crippen LogP contribution in [-0.4, -0.2) is 52.1 Å². The minimum atomic E-state index is -0.614. The van der Waals surface area contributed by atoms with Crippen molar-refractivity contribution < 1.29 is 13.6 Å². The van der Waals surface area contributed by atoms with E-state index < -0.39 is 17.0 Å². The van der Waals surface area contributed by atoms with E-state index in [9.17, 15) is 13.6 Å². The maximum absolute atomic E-state index is 13.8. The number of aromatic nitrogens is 2. The summed E-state index contributed by atoms with van der Waals surface area (Å²) in [4.78, 5) is 24.7. The van der Waals surface area contributed by atoms with Crippen LogP contribution >= 0.6 is 11.6 Å². The molecule has 3 saturated heterocycles. The van der Waals surface area contributed by atoms with Crippen LogP contribution in [0, 0.1) is 17.0 Å². The van der Waals surface area contributed by atoms with Gasteiger partial charge in [-0.25, -0.2) is 23.8 Å². The van der Waals surface area contributed by atoms with Gasteiger partial charge in [-0.15, -0.1) is 0 Å². The van der Waals surface area contributed by atoms with Crippen LogP contribution in [0.1, 0.15) is 56.5 Å². The van der Waals surface area contributed by atoms with Crippen LogP contribution in [0.5, 0.6) is 0 Å². The monoisotopic (exact) mass is 461 g/mol. The van der Waals surface area contributed by atoms with Crippen molar-refractivity contribution in [1.82, 2.24) is 20.0 Å². The summed E-state index contributed by atoms with van der Waals surface area (Å²) in [6, 6.07) is 4.99. The van der Waals surface area contributed by atoms with Crippen LogP contribution in [0.2, 0.25) is 5.15 Å². The Morgan fingerprint density at radius 3 is 2.41 bits per heavy atom. The SMILES string of the molecule is CC(C)c1nc(Cl)cc(N2CCC3(CC2)CN2CC[C@@H](c4cc(F)cc(F)c4)N2C3=O)n1. The van der Waals surface area contributed by atoms with Crippen molar-refractivity contribution in [2.24, 2.45) is 5.41 Å². The maximum atomic E-state index is 13.8. The van der Waals surface area contributed by atoms with Crippen LogP contribution in [0.15, 0.2) is 24.3 Å². The smallest absolute Gasteiger partial charge is 0.245 e. The van der Waals surface area contributed by atoms with Crippen LogP contribution in [-0.2, 0) is 4.79 Å². The molecule has 1 spiro atoms. The number of carbonyl (C=O) groups is 1. The first-order valence-corrected chi connectivity index (χ1v) is 11.5. The highest BCUT2D eigenvalue weighted by atomic mass is 35.5. The second-order valence-electron chi connectivity index (χ2n) is 9.37. The zero-order valence-corrected chi connectivity index (χ0v) is 18.9. The lowest BCUT2D eigenvalue weighted by molar-refractivity contribution is -0.143. The first-order valence-electron chi connectivity index (χ1n) is 11.1. The van der Waals surface area contributed by atoms with Gasteiger partial charge in [0.2, 0.25) is 5.91 Å². The van der Waals surface area contributed by atoms with Gasteiger partial charge in [-0.3, -0.25) is 9.80 Å². The largest absolute Gasteiger partial charge is 0.356 e. The van der Waals surface area contributed by atoms with Crippen LogP contribution < -0.4 is 4.90 Å². The zero-order valence-electron chi connectivity index (χ0n) is 18.2. The fraction of sp³-hybridized carbons (Fsp3) is 0.522. The second-order valence-corrected chi connectivity index (χ2v) is 9.76. The molecule has 1 aromatic heterocycles. The van der Waals surface area contributed by atoms with Crippen molar-refractivity contribution in [3.8, 4) is 0 Å². The number of carbonyl (C=O) groups excluding carboxylic acids is 1. The summed E-state index contributed by atoms with van der Waals surface area (Å²) in [5.74, 6) is 0.511. The lowest BCUT2D eigenvalue weighted by Gasteiger charge is -2.38. The number of hydrazine groups is 1. The second kappa shape index (κ2) is 7.92. The van der Waals surface area contributed by atoms with Gasteiger partial charge in [0.15, 0.2) is 0 Å². The summed E-state index contributed by atoms with van der Waals surface area (Å²) < 4.78 is 27.6. The summed E-state index contributed by atoms with van der Waals surface area (Å²) >= 11 is 6.22. The van der Waals surface area contributed by atoms with E-state index in [1.807, 2.05) is 13.8 Å². The molecule has 3 fully saturated rings. The Morgan fingerprint density at radius 1 is 1.06 bits per heavy atom. The van der Waals surface area contributed by atoms with E-state index in [1.165, 1.54) is 12.1 Å². The predicted molar refractivity (Wildman–Crippen MR) is 117 cm³/mol. The molecule has 0 bridgehead atoms. The number of fused-ring (bicyclic) bond motifs is 1. The Labute approximate surface area is 191 Å². The number of amides is 1. The first kappa shape index (κ1) is 21.5. The zero-order chi connectivity index (χ0) is 22.6. The Hall–Kier alpha value is -2.32. The van der Waals surface area contributed by atoms with Gasteiger partial charge in [0.05, 0.1) is 11.5 Å². The average Bonchev–Trinajstić information content (AvgIpc) is 3.26. The van der Waals surface area contributed by atoms with Gasteiger partial charge in [-0.05, 0) is 37.0 Å². The van der Waals surface area contributed by atoms with E-state index in [4.69, 9.17) is 11.6 Å². The Morgan fingerprint density at radius 2 is 1.75 bits per heavy atom. The molecule has 1 amide bonds. The molecule has 5 rings (SSSR count). The van der Waals surface area contributed by atoms with Gasteiger partial charge < -0.3 is 4.90 Å². The third-order valence-electron chi connectivity index (χ3n) is 6.94. The Bertz CT molecular complexity index is 1040. The van der Waals surface area contributed by atoms with Gasteiger partial charge in [-0.1, -0.05) is 25.4 Å². The minimum Gasteiger partial charge on any atom is -0.356 e. The van der Waals surface area contributed by atoms with E-state index in [2.05, 4.69) is 19.9 Å². The predicted octanol–water partition coefficient (Wildman–Crippen LogP) is 4.32. The van der Waals surface area contributed by atoms with Crippen LogP contribution in [0.3, 0.4) is 0 Å². The number of hydrogen-bond donors (Lipinski definition) is 0. The molecule has 0 N–H and O–H groups in total. The molecule has 170 valence electrons. The highest BCUT2D eigenvalue weighted by Crippen LogP contribution is 2.47. The number of nitrogens with zero attached hydrogens (tertiary/aromatic N) is 5. The highest BCUT2D eigenvalue weighted by molar-refractivity contribution is 6.29. The van der Waals surface area contributed by atoms with Crippen molar-refractivity contribution in [2.75, 3.05) is 31.1 Å². The molecule has 0 aliphatic carbocycles. The lowest BCUT2D eigenvalue weighted by atomic mass is 9.77. The molecular weight excluding hydrogens is 436 g/mol. The van der Waals surface area contributed by atoms with Crippen molar-refractivity contribution in [3.63, 3.8) is 0 Å². The first-order chi connectivity index (χ1) is 15.3. The summed E-state index contributed by atoms with van der Waals surface area (Å²) in [7, 11) is 0.